The minimum Gasteiger partial charge on any atom is -0.418 e. The third kappa shape index (κ3) is 4.11. The first-order chi connectivity index (χ1) is 9.11. The molecule has 1 aromatic rings. The zero-order chi connectivity index (χ0) is 13.7. The lowest BCUT2D eigenvalue weighted by Gasteiger charge is -2.23. The lowest BCUT2D eigenvalue weighted by atomic mass is 10.1. The molecule has 0 saturated heterocycles. The molecule has 1 aliphatic heterocycles. The Balaban J connectivity index is 1.87. The van der Waals surface area contributed by atoms with Gasteiger partial charge in [0, 0.05) is 17.9 Å². The number of allylic oxidation sites excluding steroid dienone is 1. The predicted molar refractivity (Wildman–Crippen MR) is 81.3 cm³/mol. The first kappa shape index (κ1) is 14.2. The Bertz CT molecular complexity index is 457. The van der Waals surface area contributed by atoms with E-state index in [9.17, 15) is 0 Å². The lowest BCUT2D eigenvalue weighted by Crippen LogP contribution is -2.30. The van der Waals surface area contributed by atoms with E-state index >= 15 is 0 Å². The van der Waals surface area contributed by atoms with E-state index in [2.05, 4.69) is 37.6 Å². The van der Waals surface area contributed by atoms with Gasteiger partial charge in [-0.15, -0.1) is 0 Å². The molecule has 0 radical (unpaired) electrons. The molecule has 1 aromatic carbocycles. The lowest BCUT2D eigenvalue weighted by molar-refractivity contribution is 0.220. The van der Waals surface area contributed by atoms with Gasteiger partial charge in [-0.05, 0) is 51.0 Å². The van der Waals surface area contributed by atoms with E-state index in [1.807, 2.05) is 18.2 Å². The molecule has 0 atom stereocenters. The molecular weight excluding hydrogens is 254 g/mol. The number of hydrogen-bond donors (Lipinski definition) is 1. The number of hydrogen-bond acceptors (Lipinski definition) is 3. The van der Waals surface area contributed by atoms with Crippen LogP contribution >= 0.6 is 0 Å². The molecule has 1 aliphatic rings. The van der Waals surface area contributed by atoms with Gasteiger partial charge in [0.15, 0.2) is 14.1 Å². The Morgan fingerprint density at radius 3 is 2.84 bits per heavy atom. The molecule has 3 nitrogen and oxygen atoms in total. The van der Waals surface area contributed by atoms with Crippen LogP contribution in [-0.4, -0.2) is 14.9 Å². The summed E-state index contributed by atoms with van der Waals surface area (Å²) in [5.74, 6) is 0.898. The molecule has 0 saturated carbocycles. The third-order valence-corrected chi connectivity index (χ3v) is 5.93. The summed E-state index contributed by atoms with van der Waals surface area (Å²) in [6.07, 6.45) is 4.33. The molecule has 0 bridgehead atoms. The van der Waals surface area contributed by atoms with Crippen LogP contribution in [0, 0.1) is 0 Å². The van der Waals surface area contributed by atoms with Gasteiger partial charge >= 0.3 is 0 Å². The van der Waals surface area contributed by atoms with E-state index in [-0.39, 0.29) is 0 Å². The normalized spacial score (nSPS) is 14.2. The summed E-state index contributed by atoms with van der Waals surface area (Å²) in [6, 6.07) is 9.25. The number of fused-ring (bicyclic) bond motifs is 1. The molecule has 1 heterocycles. The summed E-state index contributed by atoms with van der Waals surface area (Å²) < 4.78 is 5.84. The molecule has 0 fully saturated rings. The summed E-state index contributed by atoms with van der Waals surface area (Å²) in [6.45, 7) is 7.47. The smallest absolute Gasteiger partial charge is 0.186 e. The van der Waals surface area contributed by atoms with Gasteiger partial charge in [0.25, 0.3) is 0 Å². The number of hydroxylamine groups is 1. The molecule has 0 spiro atoms. The second kappa shape index (κ2) is 6.26. The maximum atomic E-state index is 5.84. The second-order valence-corrected chi connectivity index (χ2v) is 9.77. The molecule has 4 heteroatoms. The van der Waals surface area contributed by atoms with Crippen molar-refractivity contribution in [3.8, 4) is 5.75 Å². The van der Waals surface area contributed by atoms with Crippen molar-refractivity contribution in [2.75, 3.05) is 6.61 Å². The van der Waals surface area contributed by atoms with Crippen LogP contribution in [0.25, 0.3) is 6.08 Å². The van der Waals surface area contributed by atoms with Crippen molar-refractivity contribution in [2.45, 2.75) is 38.9 Å². The van der Waals surface area contributed by atoms with Crippen LogP contribution in [0.2, 0.25) is 19.1 Å². The van der Waals surface area contributed by atoms with Crippen LogP contribution in [0.15, 0.2) is 30.0 Å². The van der Waals surface area contributed by atoms with E-state index in [1.54, 1.807) is 0 Å². The first-order valence-corrected chi connectivity index (χ1v) is 10.1. The van der Waals surface area contributed by atoms with Crippen molar-refractivity contribution in [1.29, 1.82) is 0 Å². The van der Waals surface area contributed by atoms with E-state index in [1.165, 1.54) is 6.04 Å². The Morgan fingerprint density at radius 2 is 2.05 bits per heavy atom. The van der Waals surface area contributed by atoms with Gasteiger partial charge in [-0.1, -0.05) is 18.2 Å². The van der Waals surface area contributed by atoms with Gasteiger partial charge in [0.05, 0.1) is 0 Å². The Labute approximate surface area is 116 Å². The zero-order valence-corrected chi connectivity index (χ0v) is 13.0. The Hall–Kier alpha value is -1.26. The number of rotatable bonds is 6. The van der Waals surface area contributed by atoms with Crippen LogP contribution in [0.3, 0.4) is 0 Å². The summed E-state index contributed by atoms with van der Waals surface area (Å²) in [7, 11) is -1.46. The van der Waals surface area contributed by atoms with Crippen LogP contribution in [-0.2, 0) is 4.43 Å². The van der Waals surface area contributed by atoms with Crippen molar-refractivity contribution >= 4 is 14.4 Å². The van der Waals surface area contributed by atoms with Crippen LogP contribution in [0.4, 0.5) is 0 Å². The quantitative estimate of drug-likeness (QED) is 0.799. The minimum absolute atomic E-state index is 0.830. The highest BCUT2D eigenvalue weighted by Gasteiger charge is 2.21. The summed E-state index contributed by atoms with van der Waals surface area (Å²) >= 11 is 0. The Kier molecular flexibility index (Phi) is 4.66. The van der Waals surface area contributed by atoms with E-state index in [0.717, 1.165) is 36.5 Å². The van der Waals surface area contributed by atoms with Crippen LogP contribution < -0.4 is 10.3 Å². The molecule has 2 rings (SSSR count). The molecule has 19 heavy (non-hydrogen) atoms. The average Bonchev–Trinajstić information content (AvgIpc) is 2.38. The molecular formula is C15H23NO2Si. The molecule has 0 unspecified atom stereocenters. The number of para-hydroxylation sites is 1. The zero-order valence-electron chi connectivity index (χ0n) is 12.0. The number of benzene rings is 1. The first-order valence-electron chi connectivity index (χ1n) is 6.97. The monoisotopic (exact) mass is 277 g/mol. The van der Waals surface area contributed by atoms with Crippen molar-refractivity contribution in [3.05, 3.63) is 35.5 Å². The highest BCUT2D eigenvalue weighted by molar-refractivity contribution is 6.71. The van der Waals surface area contributed by atoms with Crippen molar-refractivity contribution in [2.24, 2.45) is 0 Å². The summed E-state index contributed by atoms with van der Waals surface area (Å²) in [5, 5.41) is 0. The van der Waals surface area contributed by atoms with Crippen molar-refractivity contribution in [3.63, 3.8) is 0 Å². The van der Waals surface area contributed by atoms with Gasteiger partial charge in [-0.3, -0.25) is 0 Å². The molecule has 104 valence electrons. The molecule has 1 N–H and O–H groups in total. The van der Waals surface area contributed by atoms with Crippen molar-refractivity contribution in [1.82, 2.24) is 5.48 Å². The third-order valence-electron chi connectivity index (χ3n) is 3.30. The molecule has 0 aromatic heterocycles. The second-order valence-electron chi connectivity index (χ2n) is 5.46. The molecule has 0 aliphatic carbocycles. The maximum Gasteiger partial charge on any atom is 0.186 e. The molecule has 0 amide bonds. The van der Waals surface area contributed by atoms with Crippen LogP contribution in [0.1, 0.15) is 25.3 Å². The SMILES string of the molecule is CCO[Si](C)(C)CCCC1=Cc2ccccc2ON1. The van der Waals surface area contributed by atoms with Crippen molar-refractivity contribution < 1.29 is 9.26 Å². The number of nitrogens with one attached hydrogen (secondary N) is 1. The van der Waals surface area contributed by atoms with Gasteiger partial charge in [0.1, 0.15) is 0 Å². The highest BCUT2D eigenvalue weighted by atomic mass is 28.4. The fourth-order valence-electron chi connectivity index (χ4n) is 2.32. The van der Waals surface area contributed by atoms with Crippen LogP contribution in [0.5, 0.6) is 5.75 Å². The maximum absolute atomic E-state index is 5.84. The summed E-state index contributed by atoms with van der Waals surface area (Å²) in [5.41, 5.74) is 5.33. The van der Waals surface area contributed by atoms with Gasteiger partial charge in [-0.25, -0.2) is 5.48 Å². The highest BCUT2D eigenvalue weighted by Crippen LogP contribution is 2.26. The van der Waals surface area contributed by atoms with Gasteiger partial charge in [0.2, 0.25) is 0 Å². The van der Waals surface area contributed by atoms with Gasteiger partial charge < -0.3 is 9.26 Å². The fraction of sp³-hybridized carbons (Fsp3) is 0.467. The minimum atomic E-state index is -1.46. The topological polar surface area (TPSA) is 30.5 Å². The van der Waals surface area contributed by atoms with E-state index < -0.39 is 8.32 Å². The van der Waals surface area contributed by atoms with Gasteiger partial charge in [-0.2, -0.15) is 0 Å². The van der Waals surface area contributed by atoms with E-state index in [4.69, 9.17) is 9.26 Å². The predicted octanol–water partition coefficient (Wildman–Crippen LogP) is 3.95. The summed E-state index contributed by atoms with van der Waals surface area (Å²) in [4.78, 5) is 5.53. The fourth-order valence-corrected chi connectivity index (χ4v) is 4.28. The van der Waals surface area contributed by atoms with E-state index in [0.29, 0.717) is 0 Å². The average molecular weight is 277 g/mol. The Morgan fingerprint density at radius 1 is 1.26 bits per heavy atom. The standard InChI is InChI=1S/C15H23NO2Si/c1-4-17-19(2,3)11-7-9-14-12-13-8-5-6-10-15(13)18-16-14/h5-6,8,10,12,16H,4,7,9,11H2,1-3H3. The largest absolute Gasteiger partial charge is 0.418 e.